The first-order valence-corrected chi connectivity index (χ1v) is 19.2. The number of rotatable bonds is 10. The van der Waals surface area contributed by atoms with E-state index in [9.17, 15) is 23.1 Å². The average molecular weight is 700 g/mol. The predicted molar refractivity (Wildman–Crippen MR) is 194 cm³/mol. The summed E-state index contributed by atoms with van der Waals surface area (Å²) in [7, 11) is -2.19. The van der Waals surface area contributed by atoms with Gasteiger partial charge in [0.05, 0.1) is 54.7 Å². The fourth-order valence-electron chi connectivity index (χ4n) is 7.65. The SMILES string of the molecule is COc1ccc2c(c1)C=C(c1c(C(=O)NCCO)cnn1C1CCC1)Cn1c-2c(C2CCCCC2)c2ccc(C(=O)NS(=O)(=O)C(C)C)cc21. The molecule has 2 fully saturated rings. The van der Waals surface area contributed by atoms with E-state index in [0.717, 1.165) is 83.9 Å². The smallest absolute Gasteiger partial charge is 0.264 e. The number of amides is 2. The Bertz CT molecular complexity index is 2100. The molecule has 1 aliphatic heterocycles. The minimum atomic E-state index is -3.84. The van der Waals surface area contributed by atoms with Crippen LogP contribution in [0.25, 0.3) is 33.8 Å². The first-order valence-electron chi connectivity index (χ1n) is 17.7. The second-order valence-electron chi connectivity index (χ2n) is 14.0. The number of nitrogens with zero attached hydrogens (tertiary/aromatic N) is 3. The van der Waals surface area contributed by atoms with Gasteiger partial charge in [0, 0.05) is 28.6 Å². The van der Waals surface area contributed by atoms with Crippen molar-refractivity contribution in [1.82, 2.24) is 24.4 Å². The number of methoxy groups -OCH3 is 1. The molecule has 2 amide bonds. The number of nitrogens with one attached hydrogen (secondary N) is 2. The van der Waals surface area contributed by atoms with Crippen LogP contribution in [0.5, 0.6) is 5.75 Å². The third-order valence-electron chi connectivity index (χ3n) is 10.6. The molecule has 3 aliphatic rings. The zero-order valence-corrected chi connectivity index (χ0v) is 29.7. The molecule has 2 saturated carbocycles. The zero-order valence-electron chi connectivity index (χ0n) is 28.9. The number of aliphatic hydroxyl groups is 1. The molecule has 4 aromatic rings. The average Bonchev–Trinajstić information content (AvgIpc) is 3.60. The quantitative estimate of drug-likeness (QED) is 0.183. The third kappa shape index (κ3) is 6.12. The first-order chi connectivity index (χ1) is 24.1. The molecule has 3 N–H and O–H groups in total. The van der Waals surface area contributed by atoms with E-state index in [4.69, 9.17) is 9.84 Å². The Labute approximate surface area is 292 Å². The molecule has 0 radical (unpaired) electrons. The molecule has 7 rings (SSSR count). The standard InChI is InChI=1S/C38H45N5O6S/c1-23(2)50(47,48)41-37(45)25-12-14-31-33(20-25)42-22-27(35-32(38(46)39-16-17-44)21-40-43(35)28-10-7-11-28)18-26-19-29(49-3)13-15-30(26)36(42)34(31)24-8-5-4-6-9-24/h12-15,18-21,23-24,28,44H,4-11,16-17,22H2,1-3H3,(H,39,46)(H,41,45). The Morgan fingerprint density at radius 3 is 2.46 bits per heavy atom. The summed E-state index contributed by atoms with van der Waals surface area (Å²) in [5, 5.41) is 17.3. The van der Waals surface area contributed by atoms with Crippen LogP contribution in [0, 0.1) is 0 Å². The molecule has 2 aliphatic carbocycles. The Hall–Kier alpha value is -4.42. The summed E-state index contributed by atoms with van der Waals surface area (Å²) in [5.41, 5.74) is 7.38. The summed E-state index contributed by atoms with van der Waals surface area (Å²) < 4.78 is 37.6. The molecular weight excluding hydrogens is 655 g/mol. The van der Waals surface area contributed by atoms with Crippen LogP contribution in [0.3, 0.4) is 0 Å². The summed E-state index contributed by atoms with van der Waals surface area (Å²) >= 11 is 0. The lowest BCUT2D eigenvalue weighted by Gasteiger charge is -2.28. The van der Waals surface area contributed by atoms with Crippen molar-refractivity contribution >= 4 is 44.4 Å². The predicted octanol–water partition coefficient (Wildman–Crippen LogP) is 6.03. The van der Waals surface area contributed by atoms with Crippen LogP contribution in [0.4, 0.5) is 0 Å². The number of fused-ring (bicyclic) bond motifs is 5. The number of sulfonamides is 1. The van der Waals surface area contributed by atoms with Crippen LogP contribution in [0.2, 0.25) is 0 Å². The minimum Gasteiger partial charge on any atom is -0.497 e. The molecule has 0 saturated heterocycles. The molecule has 0 atom stereocenters. The van der Waals surface area contributed by atoms with Crippen molar-refractivity contribution in [2.45, 2.75) is 89.0 Å². The summed E-state index contributed by atoms with van der Waals surface area (Å²) in [6.07, 6.45) is 12.3. The van der Waals surface area contributed by atoms with Gasteiger partial charge >= 0.3 is 0 Å². The highest BCUT2D eigenvalue weighted by Gasteiger charge is 2.33. The van der Waals surface area contributed by atoms with Gasteiger partial charge in [0.15, 0.2) is 0 Å². The highest BCUT2D eigenvalue weighted by atomic mass is 32.2. The molecule has 0 bridgehead atoms. The number of hydrogen-bond donors (Lipinski definition) is 3. The molecule has 0 spiro atoms. The van der Waals surface area contributed by atoms with Crippen molar-refractivity contribution in [1.29, 1.82) is 0 Å². The fourth-order valence-corrected chi connectivity index (χ4v) is 8.27. The normalized spacial score (nSPS) is 16.7. The van der Waals surface area contributed by atoms with Crippen molar-refractivity contribution in [3.63, 3.8) is 0 Å². The lowest BCUT2D eigenvalue weighted by Crippen LogP contribution is -2.35. The monoisotopic (exact) mass is 699 g/mol. The Morgan fingerprint density at radius 2 is 1.78 bits per heavy atom. The maximum Gasteiger partial charge on any atom is 0.264 e. The summed E-state index contributed by atoms with van der Waals surface area (Å²) in [4.78, 5) is 27.0. The summed E-state index contributed by atoms with van der Waals surface area (Å²) in [6, 6.07) is 11.7. The maximum absolute atomic E-state index is 13.6. The number of carbonyl (C=O) groups is 2. The molecule has 50 heavy (non-hydrogen) atoms. The van der Waals surface area contributed by atoms with Crippen LogP contribution >= 0.6 is 0 Å². The van der Waals surface area contributed by atoms with E-state index >= 15 is 0 Å². The van der Waals surface area contributed by atoms with Gasteiger partial charge in [-0.3, -0.25) is 14.3 Å². The van der Waals surface area contributed by atoms with E-state index in [2.05, 4.69) is 26.7 Å². The first kappa shape index (κ1) is 34.0. The second-order valence-corrected chi connectivity index (χ2v) is 16.2. The number of benzene rings is 2. The number of allylic oxidation sites excluding steroid dienone is 1. The van der Waals surface area contributed by atoms with Crippen molar-refractivity contribution in [3.05, 3.63) is 70.5 Å². The van der Waals surface area contributed by atoms with E-state index in [1.165, 1.54) is 25.8 Å². The molecule has 11 nitrogen and oxygen atoms in total. The van der Waals surface area contributed by atoms with E-state index in [-0.39, 0.29) is 30.7 Å². The number of ether oxygens (including phenoxy) is 1. The second kappa shape index (κ2) is 13.7. The van der Waals surface area contributed by atoms with E-state index in [0.29, 0.717) is 23.8 Å². The Morgan fingerprint density at radius 1 is 1.00 bits per heavy atom. The van der Waals surface area contributed by atoms with Crippen molar-refractivity contribution < 1.29 is 27.9 Å². The largest absolute Gasteiger partial charge is 0.497 e. The molecular formula is C38H45N5O6S. The summed E-state index contributed by atoms with van der Waals surface area (Å²) in [5.74, 6) is 0.0411. The molecule has 2 aromatic heterocycles. The number of hydrogen-bond acceptors (Lipinski definition) is 7. The zero-order chi connectivity index (χ0) is 35.2. The topological polar surface area (TPSA) is 145 Å². The molecule has 264 valence electrons. The van der Waals surface area contributed by atoms with E-state index in [1.807, 2.05) is 22.9 Å². The van der Waals surface area contributed by atoms with Crippen LogP contribution in [-0.4, -0.2) is 65.2 Å². The van der Waals surface area contributed by atoms with E-state index in [1.54, 1.807) is 25.4 Å². The van der Waals surface area contributed by atoms with Crippen LogP contribution in [-0.2, 0) is 16.6 Å². The molecule has 2 aromatic carbocycles. The molecule has 12 heteroatoms. The molecule has 0 unspecified atom stereocenters. The summed E-state index contributed by atoms with van der Waals surface area (Å²) in [6.45, 7) is 3.40. The van der Waals surface area contributed by atoms with Crippen molar-refractivity contribution in [3.8, 4) is 17.0 Å². The van der Waals surface area contributed by atoms with E-state index < -0.39 is 21.2 Å². The van der Waals surface area contributed by atoms with Crippen molar-refractivity contribution in [2.75, 3.05) is 20.3 Å². The number of carbonyl (C=O) groups excluding carboxylic acids is 2. The highest BCUT2D eigenvalue weighted by molar-refractivity contribution is 7.90. The maximum atomic E-state index is 13.6. The highest BCUT2D eigenvalue weighted by Crippen LogP contribution is 2.48. The number of aliphatic hydroxyl groups excluding tert-OH is 1. The lowest BCUT2D eigenvalue weighted by atomic mass is 9.81. The number of aromatic nitrogens is 3. The Balaban J connectivity index is 1.48. The van der Waals surface area contributed by atoms with Gasteiger partial charge < -0.3 is 19.7 Å². The van der Waals surface area contributed by atoms with Gasteiger partial charge in [-0.05, 0) is 105 Å². The van der Waals surface area contributed by atoms with Crippen LogP contribution < -0.4 is 14.8 Å². The van der Waals surface area contributed by atoms with Crippen LogP contribution in [0.1, 0.15) is 115 Å². The Kier molecular flexibility index (Phi) is 9.34. The van der Waals surface area contributed by atoms with Crippen molar-refractivity contribution in [2.24, 2.45) is 0 Å². The fraction of sp³-hybridized carbons (Fsp3) is 0.447. The van der Waals surface area contributed by atoms with Gasteiger partial charge in [0.2, 0.25) is 10.0 Å². The van der Waals surface area contributed by atoms with Gasteiger partial charge in [-0.2, -0.15) is 5.10 Å². The molecule has 3 heterocycles. The van der Waals surface area contributed by atoms with Gasteiger partial charge in [0.25, 0.3) is 11.8 Å². The third-order valence-corrected chi connectivity index (χ3v) is 12.3. The minimum absolute atomic E-state index is 0.125. The van der Waals surface area contributed by atoms with Gasteiger partial charge in [-0.1, -0.05) is 25.3 Å². The lowest BCUT2D eigenvalue weighted by molar-refractivity contribution is 0.0942. The van der Waals surface area contributed by atoms with Gasteiger partial charge in [0.1, 0.15) is 5.75 Å². The van der Waals surface area contributed by atoms with Gasteiger partial charge in [-0.25, -0.2) is 13.1 Å². The van der Waals surface area contributed by atoms with Gasteiger partial charge in [-0.15, -0.1) is 0 Å². The van der Waals surface area contributed by atoms with Crippen LogP contribution in [0.15, 0.2) is 42.6 Å².